The van der Waals surface area contributed by atoms with Gasteiger partial charge in [-0.05, 0) is 19.2 Å². The van der Waals surface area contributed by atoms with Crippen LogP contribution in [0.2, 0.25) is 0 Å². The number of nitrogens with one attached hydrogen (secondary N) is 1. The Bertz CT molecular complexity index is 560. The Morgan fingerprint density at radius 1 is 1.19 bits per heavy atom. The van der Waals surface area contributed by atoms with Gasteiger partial charge in [0.1, 0.15) is 0 Å². The first-order valence-electron chi connectivity index (χ1n) is 5.05. The number of H-pyrrole nitrogens is 1. The average molecular weight is 231 g/mol. The highest BCUT2D eigenvalue weighted by Gasteiger charge is 2.04. The number of aromatic amines is 1. The van der Waals surface area contributed by atoms with Gasteiger partial charge in [-0.2, -0.15) is 0 Å². The van der Waals surface area contributed by atoms with E-state index >= 15 is 0 Å². The Balaban J connectivity index is 2.62. The third-order valence-electron chi connectivity index (χ3n) is 2.37. The van der Waals surface area contributed by atoms with E-state index in [9.17, 15) is 4.79 Å². The zero-order valence-corrected chi connectivity index (χ0v) is 10.1. The molecule has 0 unspecified atom stereocenters. The van der Waals surface area contributed by atoms with E-state index in [-0.39, 0.29) is 5.43 Å². The summed E-state index contributed by atoms with van der Waals surface area (Å²) in [5.41, 5.74) is 2.89. The van der Waals surface area contributed by atoms with Crippen molar-refractivity contribution in [1.29, 1.82) is 0 Å². The lowest BCUT2D eigenvalue weighted by molar-refractivity contribution is 1.18. The largest absolute Gasteiger partial charge is 0.358 e. The van der Waals surface area contributed by atoms with E-state index in [4.69, 9.17) is 0 Å². The fourth-order valence-electron chi connectivity index (χ4n) is 1.69. The Morgan fingerprint density at radius 3 is 2.62 bits per heavy atom. The molecule has 2 nitrogen and oxygen atoms in total. The first-order chi connectivity index (χ1) is 7.70. The van der Waals surface area contributed by atoms with Gasteiger partial charge in [0.15, 0.2) is 5.43 Å². The lowest BCUT2D eigenvalue weighted by Crippen LogP contribution is -2.01. The van der Waals surface area contributed by atoms with E-state index in [1.807, 2.05) is 31.4 Å². The monoisotopic (exact) mass is 231 g/mol. The van der Waals surface area contributed by atoms with Gasteiger partial charge in [0, 0.05) is 28.3 Å². The minimum absolute atomic E-state index is 0.0437. The van der Waals surface area contributed by atoms with Crippen LogP contribution in [0.25, 0.3) is 11.3 Å². The van der Waals surface area contributed by atoms with Crippen LogP contribution in [0.3, 0.4) is 0 Å². The number of hydrogen-bond acceptors (Lipinski definition) is 2. The van der Waals surface area contributed by atoms with Crippen LogP contribution in [0.4, 0.5) is 0 Å². The summed E-state index contributed by atoms with van der Waals surface area (Å²) >= 11 is 1.68. The molecule has 0 radical (unpaired) electrons. The maximum Gasteiger partial charge on any atom is 0.182 e. The van der Waals surface area contributed by atoms with Crippen molar-refractivity contribution in [3.63, 3.8) is 0 Å². The number of benzene rings is 1. The summed E-state index contributed by atoms with van der Waals surface area (Å²) in [6, 6.07) is 11.3. The standard InChI is InChI=1S/C13H13NOS/c1-9-7-10(15)8-12(14-9)11-5-3-4-6-13(11)16-2/h3-8H,1-2H3,(H,14,15). The van der Waals surface area contributed by atoms with Crippen molar-refractivity contribution >= 4 is 11.8 Å². The molecule has 1 heterocycles. The molecule has 0 aliphatic heterocycles. The SMILES string of the molecule is CSc1ccccc1-c1cc(=O)cc(C)[nH]1. The molecule has 0 aliphatic rings. The highest BCUT2D eigenvalue weighted by molar-refractivity contribution is 7.98. The van der Waals surface area contributed by atoms with Crippen LogP contribution in [0, 0.1) is 6.92 Å². The summed E-state index contributed by atoms with van der Waals surface area (Å²) < 4.78 is 0. The summed E-state index contributed by atoms with van der Waals surface area (Å²) in [5, 5.41) is 0. The Kier molecular flexibility index (Phi) is 3.15. The van der Waals surface area contributed by atoms with Gasteiger partial charge in [0.2, 0.25) is 0 Å². The smallest absolute Gasteiger partial charge is 0.182 e. The summed E-state index contributed by atoms with van der Waals surface area (Å²) in [7, 11) is 0. The van der Waals surface area contributed by atoms with Crippen molar-refractivity contribution in [2.75, 3.05) is 6.26 Å². The fraction of sp³-hybridized carbons (Fsp3) is 0.154. The summed E-state index contributed by atoms with van der Waals surface area (Å²) in [6.07, 6.45) is 2.03. The minimum atomic E-state index is 0.0437. The lowest BCUT2D eigenvalue weighted by Gasteiger charge is -2.07. The zero-order chi connectivity index (χ0) is 11.5. The maximum absolute atomic E-state index is 11.5. The third kappa shape index (κ3) is 2.19. The predicted octanol–water partition coefficient (Wildman–Crippen LogP) is 3.07. The molecule has 16 heavy (non-hydrogen) atoms. The van der Waals surface area contributed by atoms with Gasteiger partial charge in [-0.3, -0.25) is 4.79 Å². The molecule has 0 bridgehead atoms. The maximum atomic E-state index is 11.5. The van der Waals surface area contributed by atoms with Crippen molar-refractivity contribution in [2.24, 2.45) is 0 Å². The number of rotatable bonds is 2. The molecule has 2 aromatic rings. The van der Waals surface area contributed by atoms with Gasteiger partial charge < -0.3 is 4.98 Å². The molecule has 0 saturated carbocycles. The second-order valence-electron chi connectivity index (χ2n) is 3.61. The second kappa shape index (κ2) is 4.58. The predicted molar refractivity (Wildman–Crippen MR) is 69.0 cm³/mol. The molecule has 1 aromatic heterocycles. The summed E-state index contributed by atoms with van der Waals surface area (Å²) in [5.74, 6) is 0. The molecule has 82 valence electrons. The average Bonchev–Trinajstić information content (AvgIpc) is 2.27. The number of hydrogen-bond donors (Lipinski definition) is 1. The number of thioether (sulfide) groups is 1. The summed E-state index contributed by atoms with van der Waals surface area (Å²) in [6.45, 7) is 1.90. The third-order valence-corrected chi connectivity index (χ3v) is 3.17. The fourth-order valence-corrected chi connectivity index (χ4v) is 2.31. The highest BCUT2D eigenvalue weighted by atomic mass is 32.2. The van der Waals surface area contributed by atoms with Crippen LogP contribution >= 0.6 is 11.8 Å². The van der Waals surface area contributed by atoms with Crippen LogP contribution in [-0.4, -0.2) is 11.2 Å². The minimum Gasteiger partial charge on any atom is -0.358 e. The van der Waals surface area contributed by atoms with Crippen molar-refractivity contribution < 1.29 is 0 Å². The number of aromatic nitrogens is 1. The molecule has 1 N–H and O–H groups in total. The Hall–Kier alpha value is -1.48. The molecule has 3 heteroatoms. The molecule has 0 aliphatic carbocycles. The van der Waals surface area contributed by atoms with E-state index < -0.39 is 0 Å². The van der Waals surface area contributed by atoms with Gasteiger partial charge in [-0.25, -0.2) is 0 Å². The molecule has 0 spiro atoms. The number of aryl methyl sites for hydroxylation is 1. The van der Waals surface area contributed by atoms with E-state index in [0.717, 1.165) is 17.0 Å². The van der Waals surface area contributed by atoms with Crippen LogP contribution in [-0.2, 0) is 0 Å². The Labute approximate surface area is 98.7 Å². The molecular formula is C13H13NOS. The molecule has 0 atom stereocenters. The zero-order valence-electron chi connectivity index (χ0n) is 9.28. The molecule has 1 aromatic carbocycles. The second-order valence-corrected chi connectivity index (χ2v) is 4.46. The van der Waals surface area contributed by atoms with Crippen molar-refractivity contribution in [1.82, 2.24) is 4.98 Å². The highest BCUT2D eigenvalue weighted by Crippen LogP contribution is 2.27. The number of pyridine rings is 1. The summed E-state index contributed by atoms with van der Waals surface area (Å²) in [4.78, 5) is 15.9. The molecule has 2 rings (SSSR count). The van der Waals surface area contributed by atoms with E-state index in [1.165, 1.54) is 4.90 Å². The molecule has 0 amide bonds. The van der Waals surface area contributed by atoms with Gasteiger partial charge in [-0.1, -0.05) is 18.2 Å². The van der Waals surface area contributed by atoms with Crippen LogP contribution < -0.4 is 5.43 Å². The normalized spacial score (nSPS) is 10.4. The first-order valence-corrected chi connectivity index (χ1v) is 6.27. The Morgan fingerprint density at radius 2 is 1.94 bits per heavy atom. The molecule has 0 saturated heterocycles. The van der Waals surface area contributed by atoms with Crippen molar-refractivity contribution in [2.45, 2.75) is 11.8 Å². The lowest BCUT2D eigenvalue weighted by atomic mass is 10.1. The van der Waals surface area contributed by atoms with E-state index in [1.54, 1.807) is 23.9 Å². The molecule has 0 fully saturated rings. The quantitative estimate of drug-likeness (QED) is 0.806. The molecular weight excluding hydrogens is 218 g/mol. The van der Waals surface area contributed by atoms with E-state index in [0.29, 0.717) is 0 Å². The van der Waals surface area contributed by atoms with Crippen molar-refractivity contribution in [3.05, 3.63) is 52.3 Å². The van der Waals surface area contributed by atoms with Gasteiger partial charge in [-0.15, -0.1) is 11.8 Å². The first kappa shape index (κ1) is 11.0. The van der Waals surface area contributed by atoms with Crippen LogP contribution in [0.5, 0.6) is 0 Å². The van der Waals surface area contributed by atoms with Gasteiger partial charge in [0.05, 0.1) is 5.69 Å². The van der Waals surface area contributed by atoms with Gasteiger partial charge >= 0.3 is 0 Å². The van der Waals surface area contributed by atoms with Crippen LogP contribution in [0.15, 0.2) is 46.1 Å². The van der Waals surface area contributed by atoms with Gasteiger partial charge in [0.25, 0.3) is 0 Å². The topological polar surface area (TPSA) is 32.9 Å². The van der Waals surface area contributed by atoms with Crippen molar-refractivity contribution in [3.8, 4) is 11.3 Å². The van der Waals surface area contributed by atoms with E-state index in [2.05, 4.69) is 11.1 Å². The van der Waals surface area contributed by atoms with Crippen LogP contribution in [0.1, 0.15) is 5.69 Å².